The zero-order chi connectivity index (χ0) is 12.4. The normalized spacial score (nSPS) is 10.2. The molecule has 5 nitrogen and oxygen atoms in total. The van der Waals surface area contributed by atoms with Crippen LogP contribution >= 0.6 is 28.1 Å². The number of hydrogen-bond donors (Lipinski definition) is 2. The highest BCUT2D eigenvalue weighted by Gasteiger charge is 2.02. The zero-order valence-corrected chi connectivity index (χ0v) is 11.4. The minimum Gasteiger partial charge on any atom is -0.283 e. The molecule has 2 rings (SSSR count). The fourth-order valence-corrected chi connectivity index (χ4v) is 1.79. The van der Waals surface area contributed by atoms with E-state index in [2.05, 4.69) is 26.3 Å². The van der Waals surface area contributed by atoms with Crippen LogP contribution in [0.3, 0.4) is 0 Å². The average Bonchev–Trinajstić information content (AvgIpc) is 2.79. The lowest BCUT2D eigenvalue weighted by molar-refractivity contribution is 0.845. The number of aryl methyl sites for hydroxylation is 1. The minimum atomic E-state index is 0.327. The van der Waals surface area contributed by atoms with Crippen molar-refractivity contribution in [2.45, 2.75) is 6.92 Å². The van der Waals surface area contributed by atoms with E-state index < -0.39 is 0 Å². The van der Waals surface area contributed by atoms with E-state index in [-0.39, 0.29) is 0 Å². The Morgan fingerprint density at radius 3 is 3.00 bits per heavy atom. The first-order chi connectivity index (χ1) is 8.08. The first-order valence-corrected chi connectivity index (χ1v) is 6.01. The lowest BCUT2D eigenvalue weighted by atomic mass is 10.3. The van der Waals surface area contributed by atoms with Gasteiger partial charge in [0.25, 0.3) is 0 Å². The number of rotatable bonds is 1. The molecule has 0 unspecified atom stereocenters. The van der Waals surface area contributed by atoms with E-state index in [1.807, 2.05) is 6.92 Å². The van der Waals surface area contributed by atoms with E-state index in [9.17, 15) is 0 Å². The molecule has 88 valence electrons. The smallest absolute Gasteiger partial charge is 0.197 e. The second kappa shape index (κ2) is 4.80. The highest BCUT2D eigenvalue weighted by molar-refractivity contribution is 9.10. The van der Waals surface area contributed by atoms with Crippen LogP contribution in [-0.2, 0) is 0 Å². The van der Waals surface area contributed by atoms with Crippen molar-refractivity contribution in [1.29, 1.82) is 5.41 Å². The van der Waals surface area contributed by atoms with Crippen molar-refractivity contribution < 1.29 is 0 Å². The topological polar surface area (TPSA) is 58.6 Å². The van der Waals surface area contributed by atoms with Crippen LogP contribution in [0.25, 0.3) is 0 Å². The van der Waals surface area contributed by atoms with Gasteiger partial charge < -0.3 is 0 Å². The first-order valence-electron chi connectivity index (χ1n) is 4.80. The van der Waals surface area contributed by atoms with Gasteiger partial charge in [0, 0.05) is 23.1 Å². The van der Waals surface area contributed by atoms with Gasteiger partial charge in [-0.3, -0.25) is 15.4 Å². The summed E-state index contributed by atoms with van der Waals surface area (Å²) in [5, 5.41) is 8.28. The van der Waals surface area contributed by atoms with Gasteiger partial charge in [0.2, 0.25) is 0 Å². The van der Waals surface area contributed by atoms with Crippen molar-refractivity contribution in [3.63, 3.8) is 0 Å². The van der Waals surface area contributed by atoms with Crippen LogP contribution in [0.4, 0.5) is 0 Å². The fourth-order valence-electron chi connectivity index (χ4n) is 1.26. The van der Waals surface area contributed by atoms with Crippen LogP contribution in [0, 0.1) is 12.3 Å². The summed E-state index contributed by atoms with van der Waals surface area (Å²) in [6, 6.07) is 1.74. The Balaban J connectivity index is 2.28. The molecule has 17 heavy (non-hydrogen) atoms. The largest absolute Gasteiger partial charge is 0.283 e. The molecular weight excluding hydrogens is 302 g/mol. The number of hydrogen-bond acceptors (Lipinski definition) is 3. The molecule has 2 aromatic heterocycles. The predicted octanol–water partition coefficient (Wildman–Crippen LogP) is 1.61. The molecule has 0 aliphatic carbocycles. The summed E-state index contributed by atoms with van der Waals surface area (Å²) < 4.78 is 4.11. The summed E-state index contributed by atoms with van der Waals surface area (Å²) in [6.07, 6.45) is 6.75. The molecule has 7 heteroatoms. The standard InChI is InChI=1S/C10H10BrN5S/c1-7-4-9(12)16(5-8(7)11)14-10(17)15-3-2-13-6-15/h2-6,12H,1H3,(H,14,17). The van der Waals surface area contributed by atoms with Gasteiger partial charge in [0.15, 0.2) is 5.11 Å². The lowest BCUT2D eigenvalue weighted by Gasteiger charge is -2.12. The molecule has 0 spiro atoms. The van der Waals surface area contributed by atoms with Crippen molar-refractivity contribution in [2.24, 2.45) is 0 Å². The van der Waals surface area contributed by atoms with E-state index in [4.69, 9.17) is 17.6 Å². The minimum absolute atomic E-state index is 0.327. The van der Waals surface area contributed by atoms with Crippen LogP contribution in [-0.4, -0.2) is 19.3 Å². The second-order valence-electron chi connectivity index (χ2n) is 3.45. The van der Waals surface area contributed by atoms with E-state index in [1.54, 1.807) is 40.2 Å². The molecule has 0 saturated carbocycles. The molecule has 0 aromatic carbocycles. The van der Waals surface area contributed by atoms with E-state index in [1.165, 1.54) is 0 Å². The number of halogens is 1. The maximum Gasteiger partial charge on any atom is 0.197 e. The number of imidazole rings is 1. The molecular formula is C10H10BrN5S. The monoisotopic (exact) mass is 311 g/mol. The van der Waals surface area contributed by atoms with Gasteiger partial charge in [-0.2, -0.15) is 0 Å². The van der Waals surface area contributed by atoms with Crippen molar-refractivity contribution in [2.75, 3.05) is 5.43 Å². The number of pyridine rings is 1. The Bertz CT molecular complexity index is 602. The van der Waals surface area contributed by atoms with Crippen LogP contribution in [0.5, 0.6) is 0 Å². The lowest BCUT2D eigenvalue weighted by Crippen LogP contribution is -2.34. The third-order valence-electron chi connectivity index (χ3n) is 2.19. The maximum atomic E-state index is 7.82. The Kier molecular flexibility index (Phi) is 3.39. The molecule has 0 radical (unpaired) electrons. The van der Waals surface area contributed by atoms with Crippen LogP contribution in [0.1, 0.15) is 5.56 Å². The van der Waals surface area contributed by atoms with Crippen molar-refractivity contribution in [3.8, 4) is 0 Å². The molecule has 0 aliphatic heterocycles. The maximum absolute atomic E-state index is 7.82. The third-order valence-corrected chi connectivity index (χ3v) is 3.32. The van der Waals surface area contributed by atoms with Gasteiger partial charge in [-0.15, -0.1) is 0 Å². The van der Waals surface area contributed by atoms with Gasteiger partial charge in [0.05, 0.1) is 0 Å². The molecule has 0 saturated heterocycles. The van der Waals surface area contributed by atoms with Crippen molar-refractivity contribution in [1.82, 2.24) is 14.2 Å². The van der Waals surface area contributed by atoms with Gasteiger partial charge in [-0.05, 0) is 46.7 Å². The summed E-state index contributed by atoms with van der Waals surface area (Å²) in [5.41, 5.74) is 4.26. The van der Waals surface area contributed by atoms with Gasteiger partial charge in [0.1, 0.15) is 11.8 Å². The number of thiocarbonyl (C=S) groups is 1. The van der Waals surface area contributed by atoms with E-state index in [0.717, 1.165) is 10.0 Å². The number of nitrogens with zero attached hydrogens (tertiary/aromatic N) is 3. The summed E-state index contributed by atoms with van der Waals surface area (Å²) in [4.78, 5) is 3.91. The predicted molar refractivity (Wildman–Crippen MR) is 72.3 cm³/mol. The van der Waals surface area contributed by atoms with Gasteiger partial charge in [-0.25, -0.2) is 9.66 Å². The highest BCUT2D eigenvalue weighted by Crippen LogP contribution is 2.11. The molecule has 0 bridgehead atoms. The molecule has 2 aromatic rings. The molecule has 2 heterocycles. The van der Waals surface area contributed by atoms with E-state index >= 15 is 0 Å². The summed E-state index contributed by atoms with van der Waals surface area (Å²) in [7, 11) is 0. The first kappa shape index (κ1) is 12.0. The Hall–Kier alpha value is -1.47. The van der Waals surface area contributed by atoms with Crippen molar-refractivity contribution >= 4 is 33.3 Å². The Morgan fingerprint density at radius 2 is 2.35 bits per heavy atom. The molecule has 0 amide bonds. The number of aromatic nitrogens is 3. The van der Waals surface area contributed by atoms with Gasteiger partial charge >= 0.3 is 0 Å². The van der Waals surface area contributed by atoms with Crippen LogP contribution in [0.15, 0.2) is 35.5 Å². The summed E-state index contributed by atoms with van der Waals surface area (Å²) >= 11 is 8.60. The molecule has 0 atom stereocenters. The second-order valence-corrected chi connectivity index (χ2v) is 4.69. The average molecular weight is 312 g/mol. The van der Waals surface area contributed by atoms with Crippen LogP contribution < -0.4 is 10.9 Å². The molecule has 0 aliphatic rings. The Morgan fingerprint density at radius 1 is 1.59 bits per heavy atom. The third kappa shape index (κ3) is 2.62. The molecule has 2 N–H and O–H groups in total. The fraction of sp³-hybridized carbons (Fsp3) is 0.100. The highest BCUT2D eigenvalue weighted by atomic mass is 79.9. The zero-order valence-electron chi connectivity index (χ0n) is 9.01. The van der Waals surface area contributed by atoms with Gasteiger partial charge in [-0.1, -0.05) is 0 Å². The van der Waals surface area contributed by atoms with E-state index in [0.29, 0.717) is 10.6 Å². The quantitative estimate of drug-likeness (QED) is 0.787. The summed E-state index contributed by atoms with van der Waals surface area (Å²) in [6.45, 7) is 1.93. The summed E-state index contributed by atoms with van der Waals surface area (Å²) in [5.74, 6) is 0. The van der Waals surface area contributed by atoms with Crippen LogP contribution in [0.2, 0.25) is 0 Å². The number of nitrogens with one attached hydrogen (secondary N) is 2. The van der Waals surface area contributed by atoms with Crippen molar-refractivity contribution in [3.05, 3.63) is 46.5 Å². The molecule has 0 fully saturated rings. The Labute approximate surface area is 112 Å². The SMILES string of the molecule is Cc1cc(=N)n(NC(=S)n2ccnc2)cc1Br.